The van der Waals surface area contributed by atoms with Crippen LogP contribution in [0.1, 0.15) is 20.1 Å². The number of aromatic nitrogens is 4. The quantitative estimate of drug-likeness (QED) is 0.167. The molecule has 1 aromatic carbocycles. The Morgan fingerprint density at radius 2 is 2.10 bits per heavy atom. The Morgan fingerprint density at radius 3 is 2.73 bits per heavy atom. The van der Waals surface area contributed by atoms with Gasteiger partial charge in [-0.2, -0.15) is 15.1 Å². The molecule has 3 aromatic rings. The number of nitrogen functional groups attached to an aromatic ring is 1. The number of esters is 1. The van der Waals surface area contributed by atoms with Gasteiger partial charge in [-0.05, 0) is 26.0 Å². The first-order chi connectivity index (χ1) is 19.4. The van der Waals surface area contributed by atoms with Gasteiger partial charge in [-0.1, -0.05) is 24.1 Å². The number of nitrogens with one attached hydrogen (secondary N) is 1. The van der Waals surface area contributed by atoms with Crippen molar-refractivity contribution in [3.8, 4) is 18.1 Å². The number of hydrogen-bond acceptors (Lipinski definition) is 12. The van der Waals surface area contributed by atoms with E-state index in [4.69, 9.17) is 30.7 Å². The number of imidazole rings is 1. The Hall–Kier alpha value is -3.80. The Morgan fingerprint density at radius 1 is 1.39 bits per heavy atom. The fourth-order valence-electron chi connectivity index (χ4n) is 4.15. The van der Waals surface area contributed by atoms with Crippen molar-refractivity contribution in [1.29, 1.82) is 0 Å². The molecular formula is C25H31FN7O7P. The van der Waals surface area contributed by atoms with E-state index < -0.39 is 50.5 Å². The third kappa shape index (κ3) is 6.12. The van der Waals surface area contributed by atoms with Crippen molar-refractivity contribution in [1.82, 2.24) is 24.6 Å². The number of carbonyl (C=O) groups excluding carboxylic acids is 1. The number of para-hydroxylation sites is 1. The van der Waals surface area contributed by atoms with Crippen molar-refractivity contribution in [3.05, 3.63) is 36.7 Å². The molecule has 1 aliphatic heterocycles. The van der Waals surface area contributed by atoms with Crippen LogP contribution in [0.3, 0.4) is 0 Å². The van der Waals surface area contributed by atoms with Crippen LogP contribution in [0.2, 0.25) is 0 Å². The molecule has 4 N–H and O–H groups in total. The molecule has 4 rings (SSSR count). The number of anilines is 2. The van der Waals surface area contributed by atoms with Crippen LogP contribution in [0.15, 0.2) is 36.7 Å². The number of halogens is 1. The Labute approximate surface area is 235 Å². The fraction of sp³-hybridized carbons (Fsp3) is 0.440. The molecule has 0 radical (unpaired) electrons. The van der Waals surface area contributed by atoms with Gasteiger partial charge in [0.15, 0.2) is 23.2 Å². The summed E-state index contributed by atoms with van der Waals surface area (Å²) in [5, 5.41) is 13.4. The van der Waals surface area contributed by atoms with Gasteiger partial charge in [-0.15, -0.1) is 6.42 Å². The molecule has 0 amide bonds. The van der Waals surface area contributed by atoms with E-state index in [0.29, 0.717) is 11.3 Å². The van der Waals surface area contributed by atoms with Crippen LogP contribution < -0.4 is 20.2 Å². The first-order valence-electron chi connectivity index (χ1n) is 12.5. The molecule has 1 unspecified atom stereocenters. The van der Waals surface area contributed by atoms with Gasteiger partial charge in [-0.25, -0.2) is 13.9 Å². The predicted octanol–water partition coefficient (Wildman–Crippen LogP) is 1.82. The normalized spacial score (nSPS) is 24.4. The van der Waals surface area contributed by atoms with E-state index in [-0.39, 0.29) is 24.0 Å². The number of aliphatic hydroxyl groups is 1. The first-order valence-corrected chi connectivity index (χ1v) is 14.1. The topological polar surface area (TPSA) is 176 Å². The first kappa shape index (κ1) is 30.2. The minimum atomic E-state index is -4.33. The average molecular weight is 592 g/mol. The molecule has 6 atom stereocenters. The zero-order chi connectivity index (χ0) is 29.9. The van der Waals surface area contributed by atoms with Crippen molar-refractivity contribution in [2.45, 2.75) is 44.0 Å². The summed E-state index contributed by atoms with van der Waals surface area (Å²) in [5.74, 6) is 1.69. The highest BCUT2D eigenvalue weighted by Gasteiger charge is 2.58. The molecule has 14 nitrogen and oxygen atoms in total. The second kappa shape index (κ2) is 12.0. The Kier molecular flexibility index (Phi) is 8.81. The summed E-state index contributed by atoms with van der Waals surface area (Å²) in [6.45, 7) is 2.48. The lowest BCUT2D eigenvalue weighted by molar-refractivity contribution is -0.144. The van der Waals surface area contributed by atoms with Crippen LogP contribution in [0, 0.1) is 12.3 Å². The molecule has 0 bridgehead atoms. The largest absolute Gasteiger partial charge is 0.465 e. The summed E-state index contributed by atoms with van der Waals surface area (Å²) < 4.78 is 53.0. The third-order valence-corrected chi connectivity index (χ3v) is 7.78. The van der Waals surface area contributed by atoms with Gasteiger partial charge < -0.3 is 29.7 Å². The highest BCUT2D eigenvalue weighted by molar-refractivity contribution is 7.52. The maximum Gasteiger partial charge on any atom is 0.459 e. The number of alkyl halides is 1. The van der Waals surface area contributed by atoms with Crippen LogP contribution in [-0.2, 0) is 23.4 Å². The van der Waals surface area contributed by atoms with Crippen LogP contribution in [0.4, 0.5) is 16.2 Å². The lowest BCUT2D eigenvalue weighted by Gasteiger charge is -2.25. The molecule has 1 fully saturated rings. The number of fused-ring (bicyclic) bond motifs is 1. The molecule has 1 aliphatic rings. The number of aliphatic hydroxyl groups excluding tert-OH is 1. The molecule has 0 aliphatic carbocycles. The maximum absolute atomic E-state index is 16.2. The van der Waals surface area contributed by atoms with Crippen molar-refractivity contribution >= 4 is 36.6 Å². The van der Waals surface area contributed by atoms with Crippen LogP contribution in [0.5, 0.6) is 5.75 Å². The van der Waals surface area contributed by atoms with Crippen molar-refractivity contribution < 1.29 is 37.4 Å². The Bertz CT molecular complexity index is 1480. The minimum absolute atomic E-state index is 0.0965. The lowest BCUT2D eigenvalue weighted by atomic mass is 9.97. The van der Waals surface area contributed by atoms with E-state index in [9.17, 15) is 14.5 Å². The molecule has 2 aromatic heterocycles. The molecule has 3 heterocycles. The van der Waals surface area contributed by atoms with Gasteiger partial charge in [-0.3, -0.25) is 13.9 Å². The summed E-state index contributed by atoms with van der Waals surface area (Å²) >= 11 is 0. The predicted molar refractivity (Wildman–Crippen MR) is 147 cm³/mol. The van der Waals surface area contributed by atoms with Crippen molar-refractivity contribution in [2.24, 2.45) is 0 Å². The smallest absolute Gasteiger partial charge is 0.459 e. The number of terminal acetylenes is 1. The van der Waals surface area contributed by atoms with Crippen molar-refractivity contribution in [3.63, 3.8) is 0 Å². The molecule has 0 spiro atoms. The lowest BCUT2D eigenvalue weighted by Crippen LogP contribution is -2.42. The van der Waals surface area contributed by atoms with Crippen molar-refractivity contribution in [2.75, 3.05) is 37.9 Å². The summed E-state index contributed by atoms with van der Waals surface area (Å²) in [6.07, 6.45) is 1.79. The number of benzene rings is 1. The number of carbonyl (C=O) groups is 1. The molecule has 41 heavy (non-hydrogen) atoms. The fourth-order valence-corrected chi connectivity index (χ4v) is 5.65. The second-order valence-corrected chi connectivity index (χ2v) is 11.0. The number of rotatable bonds is 11. The standard InChI is InChI=1S/C25H31FN7O7P/c1-6-25(26)19(34)17(39-23(25)33-14-28-18-20(32(4)5)29-24(27)30-21(18)33)13-38-41(36,31-15(3)22(35)37-7-2)40-16-11-9-8-10-12-16/h1,8-12,14-15,17,19,23,34H,7,13H2,2-5H3,(H,31,36)(H2,27,29,30)/t15-,17-,19-,23-,25-,41?/m1/s1. The van der Waals surface area contributed by atoms with Gasteiger partial charge in [0, 0.05) is 14.1 Å². The minimum Gasteiger partial charge on any atom is -0.465 e. The van der Waals surface area contributed by atoms with Gasteiger partial charge in [0.1, 0.15) is 24.0 Å². The van der Waals surface area contributed by atoms with E-state index in [1.807, 2.05) is 5.92 Å². The van der Waals surface area contributed by atoms with E-state index >= 15 is 4.39 Å². The Balaban J connectivity index is 1.61. The monoisotopic (exact) mass is 591 g/mol. The van der Waals surface area contributed by atoms with Crippen LogP contribution in [-0.4, -0.2) is 81.8 Å². The number of nitrogens with two attached hydrogens (primary N) is 1. The summed E-state index contributed by atoms with van der Waals surface area (Å²) in [4.78, 5) is 26.4. The summed E-state index contributed by atoms with van der Waals surface area (Å²) in [7, 11) is -0.887. The van der Waals surface area contributed by atoms with Crippen LogP contribution >= 0.6 is 7.75 Å². The van der Waals surface area contributed by atoms with E-state index in [1.54, 1.807) is 44.1 Å². The summed E-state index contributed by atoms with van der Waals surface area (Å²) in [5.41, 5.74) is 3.48. The number of nitrogens with zero attached hydrogens (tertiary/aromatic N) is 5. The molecule has 220 valence electrons. The summed E-state index contributed by atoms with van der Waals surface area (Å²) in [6, 6.07) is 6.94. The maximum atomic E-state index is 16.2. The second-order valence-electron chi connectivity index (χ2n) is 9.31. The van der Waals surface area contributed by atoms with E-state index in [1.165, 1.54) is 30.0 Å². The zero-order valence-corrected chi connectivity index (χ0v) is 23.7. The molecular weight excluding hydrogens is 560 g/mol. The average Bonchev–Trinajstić information content (AvgIpc) is 3.45. The molecule has 16 heteroatoms. The molecule has 1 saturated heterocycles. The van der Waals surface area contributed by atoms with Gasteiger partial charge in [0.2, 0.25) is 11.6 Å². The van der Waals surface area contributed by atoms with Gasteiger partial charge in [0.05, 0.1) is 19.5 Å². The third-order valence-electron chi connectivity index (χ3n) is 6.13. The number of hydrogen-bond donors (Lipinski definition) is 3. The number of ether oxygens (including phenoxy) is 2. The zero-order valence-electron chi connectivity index (χ0n) is 22.8. The van der Waals surface area contributed by atoms with Gasteiger partial charge >= 0.3 is 13.7 Å². The highest BCUT2D eigenvalue weighted by Crippen LogP contribution is 2.48. The SMILES string of the molecule is C#C[C@@]1(F)[C@H](O)[C@@H](COP(=O)(N[C@H](C)C(=O)OCC)Oc2ccccc2)O[C@H]1n1cnc2c(N(C)C)nc(N)nc21. The van der Waals surface area contributed by atoms with E-state index in [2.05, 4.69) is 20.0 Å². The van der Waals surface area contributed by atoms with E-state index in [0.717, 1.165) is 0 Å². The van der Waals surface area contributed by atoms with Gasteiger partial charge in [0.25, 0.3) is 0 Å². The molecule has 0 saturated carbocycles. The highest BCUT2D eigenvalue weighted by atomic mass is 31.2. The van der Waals surface area contributed by atoms with Crippen LogP contribution in [0.25, 0.3) is 11.2 Å².